The summed E-state index contributed by atoms with van der Waals surface area (Å²) in [4.78, 5) is 27.8. The number of hydrogen-bond donors (Lipinski definition) is 2. The number of thioether (sulfide) groups is 1. The van der Waals surface area contributed by atoms with Crippen molar-refractivity contribution in [2.45, 2.75) is 18.4 Å². The first-order valence-electron chi connectivity index (χ1n) is 10.4. The van der Waals surface area contributed by atoms with Gasteiger partial charge >= 0.3 is 6.09 Å². The minimum absolute atomic E-state index is 0.141. The first-order valence-corrected chi connectivity index (χ1v) is 13.1. The van der Waals surface area contributed by atoms with Crippen molar-refractivity contribution >= 4 is 45.3 Å². The number of rotatable bonds is 6. The van der Waals surface area contributed by atoms with Gasteiger partial charge in [-0.3, -0.25) is 4.79 Å². The Morgan fingerprint density at radius 1 is 1.15 bits per heavy atom. The molecule has 0 bridgehead atoms. The van der Waals surface area contributed by atoms with Gasteiger partial charge in [0.2, 0.25) is 0 Å². The Morgan fingerprint density at radius 3 is 2.56 bits per heavy atom. The monoisotopic (exact) mass is 504 g/mol. The van der Waals surface area contributed by atoms with Crippen LogP contribution in [0.2, 0.25) is 0 Å². The Bertz CT molecular complexity index is 1220. The predicted octanol–water partition coefficient (Wildman–Crippen LogP) is 2.73. The summed E-state index contributed by atoms with van der Waals surface area (Å²) in [6, 6.07) is 16.1. The maximum Gasteiger partial charge on any atom is 0.410 e. The quantitative estimate of drug-likeness (QED) is 0.570. The molecule has 4 rings (SSSR count). The molecule has 1 atom stereocenters. The Labute approximate surface area is 201 Å². The summed E-state index contributed by atoms with van der Waals surface area (Å²) in [5.74, 6) is -0.501. The van der Waals surface area contributed by atoms with Crippen LogP contribution in [0.3, 0.4) is 0 Å². The molecule has 0 saturated carbocycles. The molecule has 0 fully saturated rings. The molecule has 1 unspecified atom stereocenters. The van der Waals surface area contributed by atoms with Gasteiger partial charge in [0.25, 0.3) is 16.0 Å². The summed E-state index contributed by atoms with van der Waals surface area (Å²) in [6.07, 6.45) is 0.725. The molecule has 2 amide bonds. The number of amides is 2. The van der Waals surface area contributed by atoms with Crippen molar-refractivity contribution in [1.82, 2.24) is 9.96 Å². The van der Waals surface area contributed by atoms with Crippen molar-refractivity contribution in [3.8, 4) is 0 Å². The van der Waals surface area contributed by atoms with Crippen molar-refractivity contribution < 1.29 is 27.0 Å². The lowest BCUT2D eigenvalue weighted by Crippen LogP contribution is -2.41. The number of nitrogens with two attached hydrogens (primary N) is 1. The number of para-hydroxylation sites is 2. The topological polar surface area (TPSA) is 131 Å². The van der Waals surface area contributed by atoms with E-state index in [4.69, 9.17) is 14.8 Å². The van der Waals surface area contributed by atoms with Crippen LogP contribution in [0.4, 0.5) is 16.2 Å². The predicted molar refractivity (Wildman–Crippen MR) is 128 cm³/mol. The number of hydrogen-bond acceptors (Lipinski definition) is 9. The summed E-state index contributed by atoms with van der Waals surface area (Å²) in [6.45, 7) is 0.604. The molecule has 0 aliphatic carbocycles. The Morgan fingerprint density at radius 2 is 1.85 bits per heavy atom. The van der Waals surface area contributed by atoms with Crippen LogP contribution in [0.25, 0.3) is 0 Å². The third-order valence-corrected chi connectivity index (χ3v) is 6.84. The van der Waals surface area contributed by atoms with Gasteiger partial charge in [0.1, 0.15) is 6.61 Å². The van der Waals surface area contributed by atoms with Gasteiger partial charge in [-0.1, -0.05) is 54.2 Å². The van der Waals surface area contributed by atoms with Crippen LogP contribution in [0, 0.1) is 0 Å². The van der Waals surface area contributed by atoms with Crippen molar-refractivity contribution in [1.29, 1.82) is 0 Å². The Kier molecular flexibility index (Phi) is 7.00. The largest absolute Gasteiger partial charge is 0.445 e. The van der Waals surface area contributed by atoms with E-state index in [0.29, 0.717) is 28.4 Å². The lowest BCUT2D eigenvalue weighted by atomic mass is 10.2. The first kappa shape index (κ1) is 23.9. The second-order valence-corrected chi connectivity index (χ2v) is 10.5. The number of hydroxylamine groups is 2. The van der Waals surface area contributed by atoms with Crippen molar-refractivity contribution in [2.24, 2.45) is 0 Å². The highest BCUT2D eigenvalue weighted by molar-refractivity contribution is 8.04. The van der Waals surface area contributed by atoms with E-state index in [1.54, 1.807) is 24.3 Å². The maximum atomic E-state index is 13.0. The number of carbonyl (C=O) groups is 2. The molecule has 10 nitrogen and oxygen atoms in total. The van der Waals surface area contributed by atoms with E-state index in [1.807, 2.05) is 30.3 Å². The van der Waals surface area contributed by atoms with Crippen LogP contribution in [-0.4, -0.2) is 55.1 Å². The van der Waals surface area contributed by atoms with Gasteiger partial charge in [-0.15, -0.1) is 4.28 Å². The number of anilines is 2. The molecule has 0 spiro atoms. The standard InChI is InChI=1S/C22H24N4O6S2/c1-34(29,30)32-26-18-11-12-25(22(28)31-14-15-7-3-2-4-8-15)13-19(18)33-21(26)20(27)24-17-10-6-5-9-16(17)23/h2-10,21H,11-14,23H2,1H3,(H,24,27). The normalized spacial score (nSPS) is 18.0. The van der Waals surface area contributed by atoms with E-state index >= 15 is 0 Å². The lowest BCUT2D eigenvalue weighted by Gasteiger charge is -2.29. The fourth-order valence-electron chi connectivity index (χ4n) is 3.55. The first-order chi connectivity index (χ1) is 16.2. The number of carbonyl (C=O) groups excluding carboxylic acids is 2. The van der Waals surface area contributed by atoms with E-state index in [1.165, 1.54) is 4.90 Å². The molecule has 180 valence electrons. The molecule has 3 N–H and O–H groups in total. The summed E-state index contributed by atoms with van der Waals surface area (Å²) < 4.78 is 34.4. The highest BCUT2D eigenvalue weighted by Gasteiger charge is 2.43. The molecule has 0 saturated heterocycles. The Balaban J connectivity index is 1.47. The van der Waals surface area contributed by atoms with Gasteiger partial charge in [0, 0.05) is 17.9 Å². The molecule has 34 heavy (non-hydrogen) atoms. The third kappa shape index (κ3) is 5.64. The fourth-order valence-corrected chi connectivity index (χ4v) is 5.33. The van der Waals surface area contributed by atoms with Gasteiger partial charge < -0.3 is 20.7 Å². The summed E-state index contributed by atoms with van der Waals surface area (Å²) in [5.41, 5.74) is 8.11. The van der Waals surface area contributed by atoms with Crippen molar-refractivity contribution in [3.63, 3.8) is 0 Å². The van der Waals surface area contributed by atoms with Gasteiger partial charge in [-0.2, -0.15) is 8.42 Å². The second-order valence-electron chi connectivity index (χ2n) is 7.73. The Hall–Kier alpha value is -3.22. The smallest absolute Gasteiger partial charge is 0.410 e. The second kappa shape index (κ2) is 9.95. The average molecular weight is 505 g/mol. The number of nitrogen functional groups attached to an aromatic ring is 1. The van der Waals surface area contributed by atoms with E-state index in [-0.39, 0.29) is 19.7 Å². The molecule has 0 aromatic heterocycles. The minimum atomic E-state index is -3.91. The van der Waals surface area contributed by atoms with E-state index in [0.717, 1.165) is 28.6 Å². The third-order valence-electron chi connectivity index (χ3n) is 5.13. The van der Waals surface area contributed by atoms with Crippen molar-refractivity contribution in [2.75, 3.05) is 30.4 Å². The maximum absolute atomic E-state index is 13.0. The zero-order valence-corrected chi connectivity index (χ0v) is 20.0. The number of ether oxygens (including phenoxy) is 1. The van der Waals surface area contributed by atoms with Crippen LogP contribution < -0.4 is 11.1 Å². The van der Waals surface area contributed by atoms with Crippen LogP contribution >= 0.6 is 11.8 Å². The summed E-state index contributed by atoms with van der Waals surface area (Å²) >= 11 is 1.13. The highest BCUT2D eigenvalue weighted by Crippen LogP contribution is 2.43. The van der Waals surface area contributed by atoms with Crippen LogP contribution in [-0.2, 0) is 30.5 Å². The van der Waals surface area contributed by atoms with Gasteiger partial charge in [-0.05, 0) is 17.7 Å². The molecular formula is C22H24N4O6S2. The SMILES string of the molecule is CS(=O)(=O)ON1C2=C(CN(C(=O)OCc3ccccc3)CC2)SC1C(=O)Nc1ccccc1N. The average Bonchev–Trinajstić information content (AvgIpc) is 3.16. The summed E-state index contributed by atoms with van der Waals surface area (Å²) in [7, 11) is -3.91. The fraction of sp³-hybridized carbons (Fsp3) is 0.273. The molecule has 2 aliphatic heterocycles. The number of benzene rings is 2. The molecular weight excluding hydrogens is 480 g/mol. The van der Waals surface area contributed by atoms with Crippen molar-refractivity contribution in [3.05, 3.63) is 70.8 Å². The minimum Gasteiger partial charge on any atom is -0.445 e. The molecule has 2 aromatic carbocycles. The van der Waals surface area contributed by atoms with Crippen LogP contribution in [0.15, 0.2) is 65.2 Å². The molecule has 2 heterocycles. The molecule has 2 aromatic rings. The number of nitrogens with zero attached hydrogens (tertiary/aromatic N) is 2. The van der Waals surface area contributed by atoms with Crippen LogP contribution in [0.5, 0.6) is 0 Å². The zero-order chi connectivity index (χ0) is 24.3. The van der Waals surface area contributed by atoms with Gasteiger partial charge in [-0.25, -0.2) is 9.86 Å². The highest BCUT2D eigenvalue weighted by atomic mass is 32.2. The molecule has 0 radical (unpaired) electrons. The zero-order valence-electron chi connectivity index (χ0n) is 18.3. The lowest BCUT2D eigenvalue weighted by molar-refractivity contribution is -0.125. The number of nitrogens with one attached hydrogen (secondary N) is 1. The van der Waals surface area contributed by atoms with Crippen LogP contribution in [0.1, 0.15) is 12.0 Å². The van der Waals surface area contributed by atoms with E-state index in [9.17, 15) is 18.0 Å². The van der Waals surface area contributed by atoms with Gasteiger partial charge in [0.05, 0.1) is 29.9 Å². The molecule has 12 heteroatoms. The van der Waals surface area contributed by atoms with E-state index < -0.39 is 27.5 Å². The van der Waals surface area contributed by atoms with Gasteiger partial charge in [0.15, 0.2) is 5.37 Å². The van der Waals surface area contributed by atoms with E-state index in [2.05, 4.69) is 5.32 Å². The molecule has 2 aliphatic rings. The summed E-state index contributed by atoms with van der Waals surface area (Å²) in [5, 5.41) is 2.81.